The van der Waals surface area contributed by atoms with Crippen molar-refractivity contribution in [3.8, 4) is 0 Å². The van der Waals surface area contributed by atoms with E-state index < -0.39 is 5.97 Å². The summed E-state index contributed by atoms with van der Waals surface area (Å²) in [6.45, 7) is 3.46. The van der Waals surface area contributed by atoms with Gasteiger partial charge in [-0.05, 0) is 26.0 Å². The lowest BCUT2D eigenvalue weighted by Crippen LogP contribution is -2.14. The van der Waals surface area contributed by atoms with E-state index in [1.165, 1.54) is 18.3 Å². The highest BCUT2D eigenvalue weighted by atomic mass is 16.4. The first kappa shape index (κ1) is 12.7. The molecule has 0 bridgehead atoms. The van der Waals surface area contributed by atoms with Gasteiger partial charge in [-0.2, -0.15) is 5.10 Å². The van der Waals surface area contributed by atoms with E-state index in [1.807, 2.05) is 0 Å². The number of aromatic carboxylic acids is 1. The Bertz CT molecular complexity index is 629. The number of aryl methyl sites for hydroxylation is 2. The molecule has 0 aromatic carbocycles. The van der Waals surface area contributed by atoms with Crippen LogP contribution in [0.25, 0.3) is 0 Å². The van der Waals surface area contributed by atoms with E-state index in [4.69, 9.17) is 5.11 Å². The zero-order valence-electron chi connectivity index (χ0n) is 10.4. The molecule has 0 aliphatic carbocycles. The highest BCUT2D eigenvalue weighted by Crippen LogP contribution is 2.14. The normalized spacial score (nSPS) is 10.2. The molecule has 2 aromatic rings. The molecule has 7 heteroatoms. The molecule has 0 aliphatic heterocycles. The first-order valence-electron chi connectivity index (χ1n) is 5.51. The number of nitrogens with zero attached hydrogens (tertiary/aromatic N) is 2. The van der Waals surface area contributed by atoms with E-state index in [0.29, 0.717) is 22.6 Å². The number of anilines is 1. The van der Waals surface area contributed by atoms with Gasteiger partial charge >= 0.3 is 5.97 Å². The van der Waals surface area contributed by atoms with Crippen molar-refractivity contribution >= 4 is 17.6 Å². The maximum absolute atomic E-state index is 12.1. The van der Waals surface area contributed by atoms with Crippen LogP contribution in [0.5, 0.6) is 0 Å². The van der Waals surface area contributed by atoms with Crippen molar-refractivity contribution < 1.29 is 14.7 Å². The summed E-state index contributed by atoms with van der Waals surface area (Å²) in [4.78, 5) is 26.5. The molecule has 0 radical (unpaired) electrons. The second-order valence-corrected chi connectivity index (χ2v) is 4.00. The van der Waals surface area contributed by atoms with Gasteiger partial charge in [0.05, 0.1) is 11.3 Å². The van der Waals surface area contributed by atoms with Crippen LogP contribution in [0.15, 0.2) is 18.3 Å². The molecular formula is C12H12N4O3. The first-order chi connectivity index (χ1) is 8.99. The molecule has 2 rings (SSSR count). The average molecular weight is 260 g/mol. The fraction of sp³-hybridized carbons (Fsp3) is 0.167. The van der Waals surface area contributed by atoms with Gasteiger partial charge in [0.2, 0.25) is 0 Å². The van der Waals surface area contributed by atoms with Crippen LogP contribution in [-0.2, 0) is 0 Å². The van der Waals surface area contributed by atoms with Gasteiger partial charge in [0.15, 0.2) is 0 Å². The van der Waals surface area contributed by atoms with E-state index in [0.717, 1.165) is 0 Å². The number of carboxylic acid groups (broad SMARTS) is 1. The molecule has 2 heterocycles. The molecule has 0 saturated carbocycles. The largest absolute Gasteiger partial charge is 0.477 e. The van der Waals surface area contributed by atoms with Gasteiger partial charge in [0.1, 0.15) is 5.69 Å². The summed E-state index contributed by atoms with van der Waals surface area (Å²) in [7, 11) is 0. The minimum Gasteiger partial charge on any atom is -0.477 e. The smallest absolute Gasteiger partial charge is 0.354 e. The predicted octanol–water partition coefficient (Wildman–Crippen LogP) is 1.37. The predicted molar refractivity (Wildman–Crippen MR) is 67.2 cm³/mol. The van der Waals surface area contributed by atoms with Crippen molar-refractivity contribution in [2.45, 2.75) is 13.8 Å². The van der Waals surface area contributed by atoms with Crippen LogP contribution in [0.1, 0.15) is 32.2 Å². The standard InChI is InChI=1S/C12H12N4O3/c1-6-10(7(2)16-15-6)11(17)14-8-3-4-13-9(5-8)12(18)19/h3-5H,1-2H3,(H,15,16)(H,18,19)(H,13,14,17). The number of amides is 1. The Hall–Kier alpha value is -2.70. The zero-order valence-corrected chi connectivity index (χ0v) is 10.4. The minimum absolute atomic E-state index is 0.126. The fourth-order valence-corrected chi connectivity index (χ4v) is 1.70. The number of nitrogens with one attached hydrogen (secondary N) is 2. The number of carbonyl (C=O) groups excluding carboxylic acids is 1. The number of rotatable bonds is 3. The highest BCUT2D eigenvalue weighted by molar-refractivity contribution is 6.06. The van der Waals surface area contributed by atoms with E-state index in [1.54, 1.807) is 13.8 Å². The van der Waals surface area contributed by atoms with Crippen LogP contribution in [0.4, 0.5) is 5.69 Å². The molecule has 0 spiro atoms. The average Bonchev–Trinajstić information content (AvgIpc) is 2.69. The Morgan fingerprint density at radius 2 is 2.11 bits per heavy atom. The number of hydrogen-bond acceptors (Lipinski definition) is 4. The molecular weight excluding hydrogens is 248 g/mol. The van der Waals surface area contributed by atoms with E-state index in [9.17, 15) is 9.59 Å². The van der Waals surface area contributed by atoms with Crippen molar-refractivity contribution in [3.63, 3.8) is 0 Å². The molecule has 19 heavy (non-hydrogen) atoms. The quantitative estimate of drug-likeness (QED) is 0.772. The van der Waals surface area contributed by atoms with Crippen LogP contribution < -0.4 is 5.32 Å². The second-order valence-electron chi connectivity index (χ2n) is 4.00. The molecule has 0 unspecified atom stereocenters. The highest BCUT2D eigenvalue weighted by Gasteiger charge is 2.16. The Morgan fingerprint density at radius 1 is 1.37 bits per heavy atom. The van der Waals surface area contributed by atoms with Gasteiger partial charge in [-0.3, -0.25) is 9.89 Å². The van der Waals surface area contributed by atoms with Crippen LogP contribution in [0.3, 0.4) is 0 Å². The van der Waals surface area contributed by atoms with Gasteiger partial charge < -0.3 is 10.4 Å². The molecule has 1 amide bonds. The number of H-pyrrole nitrogens is 1. The summed E-state index contributed by atoms with van der Waals surface area (Å²) in [5, 5.41) is 18.1. The number of pyridine rings is 1. The molecule has 7 nitrogen and oxygen atoms in total. The lowest BCUT2D eigenvalue weighted by molar-refractivity contribution is 0.0690. The van der Waals surface area contributed by atoms with Crippen LogP contribution in [0, 0.1) is 13.8 Å². The van der Waals surface area contributed by atoms with E-state index in [-0.39, 0.29) is 11.6 Å². The van der Waals surface area contributed by atoms with Crippen molar-refractivity contribution in [3.05, 3.63) is 41.0 Å². The van der Waals surface area contributed by atoms with Gasteiger partial charge in [0, 0.05) is 17.6 Å². The zero-order chi connectivity index (χ0) is 14.0. The molecule has 0 atom stereocenters. The van der Waals surface area contributed by atoms with Crippen LogP contribution in [0.2, 0.25) is 0 Å². The summed E-state index contributed by atoms with van der Waals surface area (Å²) in [5.41, 5.74) is 1.94. The Kier molecular flexibility index (Phi) is 3.28. The fourth-order valence-electron chi connectivity index (χ4n) is 1.70. The van der Waals surface area contributed by atoms with Gasteiger partial charge in [0.25, 0.3) is 5.91 Å². The lowest BCUT2D eigenvalue weighted by atomic mass is 10.2. The van der Waals surface area contributed by atoms with E-state index >= 15 is 0 Å². The molecule has 3 N–H and O–H groups in total. The number of carboxylic acids is 1. The number of hydrogen-bond donors (Lipinski definition) is 3. The van der Waals surface area contributed by atoms with Crippen molar-refractivity contribution in [1.29, 1.82) is 0 Å². The topological polar surface area (TPSA) is 108 Å². The summed E-state index contributed by atoms with van der Waals surface area (Å²) in [6, 6.07) is 2.82. The Balaban J connectivity index is 2.24. The van der Waals surface area contributed by atoms with E-state index in [2.05, 4.69) is 20.5 Å². The number of carbonyl (C=O) groups is 2. The summed E-state index contributed by atoms with van der Waals surface area (Å²) in [5.74, 6) is -1.49. The molecule has 0 fully saturated rings. The van der Waals surface area contributed by atoms with Crippen molar-refractivity contribution in [2.75, 3.05) is 5.32 Å². The maximum Gasteiger partial charge on any atom is 0.354 e. The third kappa shape index (κ3) is 2.59. The van der Waals surface area contributed by atoms with Crippen molar-refractivity contribution in [1.82, 2.24) is 15.2 Å². The first-order valence-corrected chi connectivity index (χ1v) is 5.51. The molecule has 0 saturated heterocycles. The molecule has 98 valence electrons. The SMILES string of the molecule is Cc1n[nH]c(C)c1C(=O)Nc1ccnc(C(=O)O)c1. The second kappa shape index (κ2) is 4.89. The molecule has 0 aliphatic rings. The van der Waals surface area contributed by atoms with Crippen molar-refractivity contribution in [2.24, 2.45) is 0 Å². The third-order valence-electron chi connectivity index (χ3n) is 2.59. The number of aromatic nitrogens is 3. The monoisotopic (exact) mass is 260 g/mol. The Labute approximate surface area is 108 Å². The molecule has 2 aromatic heterocycles. The van der Waals surface area contributed by atoms with Gasteiger partial charge in [-0.25, -0.2) is 9.78 Å². The summed E-state index contributed by atoms with van der Waals surface area (Å²) < 4.78 is 0. The van der Waals surface area contributed by atoms with Crippen LogP contribution in [-0.4, -0.2) is 32.2 Å². The number of aromatic amines is 1. The third-order valence-corrected chi connectivity index (χ3v) is 2.59. The van der Waals surface area contributed by atoms with Gasteiger partial charge in [-0.1, -0.05) is 0 Å². The van der Waals surface area contributed by atoms with Crippen LogP contribution >= 0.6 is 0 Å². The lowest BCUT2D eigenvalue weighted by Gasteiger charge is -2.05. The summed E-state index contributed by atoms with van der Waals surface area (Å²) in [6.07, 6.45) is 1.33. The Morgan fingerprint density at radius 3 is 2.68 bits per heavy atom. The van der Waals surface area contributed by atoms with Gasteiger partial charge in [-0.15, -0.1) is 0 Å². The minimum atomic E-state index is -1.15. The maximum atomic E-state index is 12.1. The summed E-state index contributed by atoms with van der Waals surface area (Å²) >= 11 is 0.